The number of hydrogen-bond donors (Lipinski definition) is 1. The monoisotopic (exact) mass is 312 g/mol. The number of ether oxygens (including phenoxy) is 1. The van der Waals surface area contributed by atoms with Crippen molar-refractivity contribution in [1.29, 1.82) is 0 Å². The zero-order valence-corrected chi connectivity index (χ0v) is 11.9. The molecule has 0 spiro atoms. The van der Waals surface area contributed by atoms with Crippen molar-refractivity contribution in [3.63, 3.8) is 0 Å². The molecule has 1 aromatic heterocycles. The third-order valence-corrected chi connectivity index (χ3v) is 4.21. The van der Waals surface area contributed by atoms with Crippen molar-refractivity contribution in [2.45, 2.75) is 38.0 Å². The molecule has 2 aromatic rings. The highest BCUT2D eigenvalue weighted by molar-refractivity contribution is 5.82. The van der Waals surface area contributed by atoms with Crippen molar-refractivity contribution in [3.05, 3.63) is 36.5 Å². The highest BCUT2D eigenvalue weighted by Gasteiger charge is 2.41. The predicted molar refractivity (Wildman–Crippen MR) is 73.8 cm³/mol. The van der Waals surface area contributed by atoms with Gasteiger partial charge in [0.2, 0.25) is 6.20 Å². The molecule has 1 aliphatic carbocycles. The zero-order chi connectivity index (χ0) is 15.7. The van der Waals surface area contributed by atoms with Crippen LogP contribution in [0.25, 0.3) is 10.9 Å². The molecule has 0 aliphatic heterocycles. The maximum absolute atomic E-state index is 12.7. The lowest BCUT2D eigenvalue weighted by Crippen LogP contribution is -2.32. The highest BCUT2D eigenvalue weighted by Crippen LogP contribution is 2.39. The second-order valence-electron chi connectivity index (χ2n) is 5.67. The van der Waals surface area contributed by atoms with E-state index in [1.807, 2.05) is 6.07 Å². The molecule has 0 unspecified atom stereocenters. The lowest BCUT2D eigenvalue weighted by atomic mass is 9.87. The van der Waals surface area contributed by atoms with E-state index in [-0.39, 0.29) is 18.9 Å². The Bertz CT molecular complexity index is 664. The van der Waals surface area contributed by atoms with Gasteiger partial charge in [-0.2, -0.15) is 13.2 Å². The number of benzene rings is 1. The number of nitrogens with zero attached hydrogens (tertiary/aromatic N) is 1. The molecule has 0 saturated heterocycles. The molecule has 0 amide bonds. The maximum atomic E-state index is 12.7. The van der Waals surface area contributed by atoms with E-state index in [2.05, 4.69) is 0 Å². The van der Waals surface area contributed by atoms with E-state index in [9.17, 15) is 18.4 Å². The smallest absolute Gasteiger partial charge is 0.391 e. The summed E-state index contributed by atoms with van der Waals surface area (Å²) in [5.41, 5.74) is 0.601. The molecule has 3 nitrogen and oxygen atoms in total. The minimum absolute atomic E-state index is 0.110. The quantitative estimate of drug-likeness (QED) is 0.675. The average Bonchev–Trinajstić information content (AvgIpc) is 2.48. The molecule has 0 radical (unpaired) electrons. The van der Waals surface area contributed by atoms with Crippen LogP contribution in [0.5, 0.6) is 5.75 Å². The zero-order valence-electron chi connectivity index (χ0n) is 11.9. The summed E-state index contributed by atoms with van der Waals surface area (Å²) >= 11 is 0. The van der Waals surface area contributed by atoms with E-state index < -0.39 is 12.1 Å². The molecule has 1 fully saturated rings. The molecule has 22 heavy (non-hydrogen) atoms. The Labute approximate surface area is 125 Å². The number of fused-ring (bicyclic) bond motifs is 1. The number of rotatable bonds is 2. The van der Waals surface area contributed by atoms with Crippen molar-refractivity contribution in [1.82, 2.24) is 0 Å². The Morgan fingerprint density at radius 1 is 1.05 bits per heavy atom. The standard InChI is InChI=1S/C16H17F3NO2/c17-16(18,19)11-6-8-12(9-7-11)22-15-5-1-4-14-13(15)3-2-10-20(14)21/h1-5,10-12,21H,6-9H2/q+1. The summed E-state index contributed by atoms with van der Waals surface area (Å²) < 4.78 is 44.9. The van der Waals surface area contributed by atoms with Gasteiger partial charge in [-0.1, -0.05) is 6.07 Å². The average molecular weight is 312 g/mol. The topological polar surface area (TPSA) is 33.3 Å². The van der Waals surface area contributed by atoms with E-state index in [0.717, 1.165) is 10.1 Å². The molecule has 1 N–H and O–H groups in total. The number of halogens is 3. The van der Waals surface area contributed by atoms with Crippen LogP contribution in [0, 0.1) is 5.92 Å². The molecule has 0 bridgehead atoms. The highest BCUT2D eigenvalue weighted by atomic mass is 19.4. The van der Waals surface area contributed by atoms with Crippen LogP contribution in [0.1, 0.15) is 25.7 Å². The molecular weight excluding hydrogens is 295 g/mol. The first-order chi connectivity index (χ1) is 10.4. The van der Waals surface area contributed by atoms with Gasteiger partial charge in [0.1, 0.15) is 5.75 Å². The molecule has 1 saturated carbocycles. The van der Waals surface area contributed by atoms with E-state index in [1.54, 1.807) is 24.3 Å². The fraction of sp³-hybridized carbons (Fsp3) is 0.438. The van der Waals surface area contributed by atoms with E-state index in [4.69, 9.17) is 4.74 Å². The Kier molecular flexibility index (Phi) is 3.85. The van der Waals surface area contributed by atoms with Crippen LogP contribution >= 0.6 is 0 Å². The summed E-state index contributed by atoms with van der Waals surface area (Å²) in [6, 6.07) is 8.79. The fourth-order valence-electron chi connectivity index (χ4n) is 2.99. The van der Waals surface area contributed by atoms with Gasteiger partial charge in [0.25, 0.3) is 5.52 Å². The first-order valence-electron chi connectivity index (χ1n) is 7.31. The summed E-state index contributed by atoms with van der Waals surface area (Å²) in [5.74, 6) is -0.615. The van der Waals surface area contributed by atoms with Gasteiger partial charge in [0.05, 0.1) is 17.4 Å². The number of pyridine rings is 1. The summed E-state index contributed by atoms with van der Waals surface area (Å²) in [7, 11) is 0. The second-order valence-corrected chi connectivity index (χ2v) is 5.67. The van der Waals surface area contributed by atoms with E-state index >= 15 is 0 Å². The molecule has 3 rings (SSSR count). The largest absolute Gasteiger partial charge is 0.490 e. The van der Waals surface area contributed by atoms with Crippen LogP contribution in [0.3, 0.4) is 0 Å². The van der Waals surface area contributed by atoms with Crippen molar-refractivity contribution in [2.24, 2.45) is 5.92 Å². The lowest BCUT2D eigenvalue weighted by molar-refractivity contribution is -0.884. The second kappa shape index (κ2) is 5.66. The van der Waals surface area contributed by atoms with Gasteiger partial charge in [0.15, 0.2) is 0 Å². The molecule has 0 atom stereocenters. The molecular formula is C16H17F3NO2+. The van der Waals surface area contributed by atoms with Crippen LogP contribution < -0.4 is 9.47 Å². The fourth-order valence-corrected chi connectivity index (χ4v) is 2.99. The van der Waals surface area contributed by atoms with Gasteiger partial charge in [-0.25, -0.2) is 0 Å². The van der Waals surface area contributed by atoms with Gasteiger partial charge in [0, 0.05) is 16.9 Å². The first-order valence-corrected chi connectivity index (χ1v) is 7.31. The summed E-state index contributed by atoms with van der Waals surface area (Å²) in [6.07, 6.45) is -1.79. The van der Waals surface area contributed by atoms with Gasteiger partial charge in [-0.05, 0) is 37.8 Å². The number of aromatic nitrogens is 1. The summed E-state index contributed by atoms with van der Waals surface area (Å²) in [6.45, 7) is 0. The van der Waals surface area contributed by atoms with Crippen LogP contribution in [-0.2, 0) is 0 Å². The molecule has 6 heteroatoms. The SMILES string of the molecule is O[n+]1cccc2c(OC3CCC(C(F)(F)F)CC3)cccc21. The molecule has 118 valence electrons. The number of hydrogen-bond acceptors (Lipinski definition) is 2. The van der Waals surface area contributed by atoms with Crippen molar-refractivity contribution >= 4 is 10.9 Å². The van der Waals surface area contributed by atoms with Crippen LogP contribution in [-0.4, -0.2) is 17.5 Å². The third-order valence-electron chi connectivity index (χ3n) is 4.21. The van der Waals surface area contributed by atoms with Crippen LogP contribution in [0.15, 0.2) is 36.5 Å². The predicted octanol–water partition coefficient (Wildman–Crippen LogP) is 3.86. The van der Waals surface area contributed by atoms with Crippen molar-refractivity contribution < 1.29 is 27.8 Å². The third kappa shape index (κ3) is 2.96. The Morgan fingerprint density at radius 2 is 1.77 bits per heavy atom. The summed E-state index contributed by atoms with van der Waals surface area (Å²) in [4.78, 5) is 0. The van der Waals surface area contributed by atoms with Crippen LogP contribution in [0.4, 0.5) is 13.2 Å². The maximum Gasteiger partial charge on any atom is 0.391 e. The first kappa shape index (κ1) is 14.9. The van der Waals surface area contributed by atoms with Crippen LogP contribution in [0.2, 0.25) is 0 Å². The molecule has 1 aliphatic rings. The van der Waals surface area contributed by atoms with Crippen molar-refractivity contribution in [3.8, 4) is 5.75 Å². The Balaban J connectivity index is 1.74. The van der Waals surface area contributed by atoms with Gasteiger partial charge < -0.3 is 4.74 Å². The van der Waals surface area contributed by atoms with Gasteiger partial charge in [-0.3, -0.25) is 5.21 Å². The van der Waals surface area contributed by atoms with Crippen molar-refractivity contribution in [2.75, 3.05) is 0 Å². The normalized spacial score (nSPS) is 22.7. The summed E-state index contributed by atoms with van der Waals surface area (Å²) in [5, 5.41) is 10.5. The minimum atomic E-state index is -4.10. The Hall–Kier alpha value is -1.98. The van der Waals surface area contributed by atoms with Gasteiger partial charge >= 0.3 is 6.18 Å². The minimum Gasteiger partial charge on any atom is -0.490 e. The molecule has 1 aromatic carbocycles. The van der Waals surface area contributed by atoms with E-state index in [1.165, 1.54) is 6.20 Å². The lowest BCUT2D eigenvalue weighted by Gasteiger charge is -2.30. The Morgan fingerprint density at radius 3 is 2.45 bits per heavy atom. The van der Waals surface area contributed by atoms with E-state index in [0.29, 0.717) is 24.1 Å². The number of alkyl halides is 3. The molecule has 1 heterocycles. The van der Waals surface area contributed by atoms with Gasteiger partial charge in [-0.15, -0.1) is 0 Å².